The number of hydrogen-bond acceptors (Lipinski definition) is 5. The molecule has 2 heterocycles. The monoisotopic (exact) mass is 414 g/mol. The molecule has 0 bridgehead atoms. The Kier molecular flexibility index (Phi) is 4.53. The van der Waals surface area contributed by atoms with Crippen molar-refractivity contribution in [1.82, 2.24) is 0 Å². The summed E-state index contributed by atoms with van der Waals surface area (Å²) in [5.74, 6) is 0. The Morgan fingerprint density at radius 1 is 1.14 bits per heavy atom. The Balaban J connectivity index is 1.76. The zero-order valence-corrected chi connectivity index (χ0v) is 17.9. The first-order chi connectivity index (χ1) is 13.6. The van der Waals surface area contributed by atoms with Crippen LogP contribution in [-0.2, 0) is 20.3 Å². The van der Waals surface area contributed by atoms with E-state index in [2.05, 4.69) is 46.2 Å². The second-order valence-corrected chi connectivity index (χ2v) is 9.72. The molecular weight excluding hydrogens is 388 g/mol. The van der Waals surface area contributed by atoms with Crippen LogP contribution in [0.3, 0.4) is 0 Å². The molecule has 2 aromatic carbocycles. The summed E-state index contributed by atoms with van der Waals surface area (Å²) in [6.45, 7) is 5.40. The predicted octanol–water partition coefficient (Wildman–Crippen LogP) is 3.54. The maximum absolute atomic E-state index is 11.6. The first-order valence-electron chi connectivity index (χ1n) is 9.56. The molecule has 1 N–H and O–H groups in total. The van der Waals surface area contributed by atoms with E-state index >= 15 is 0 Å². The Bertz CT molecular complexity index is 1070. The van der Waals surface area contributed by atoms with Crippen molar-refractivity contribution in [2.24, 2.45) is 0 Å². The third-order valence-electron chi connectivity index (χ3n) is 6.07. The van der Waals surface area contributed by atoms with Gasteiger partial charge in [-0.3, -0.25) is 4.55 Å². The SMILES string of the molecule is CN(C)c1ccc(C=CC23OCCN2c2ccc(S(=O)(=O)O)cc2C3(C)C)cc1. The highest BCUT2D eigenvalue weighted by atomic mass is 32.2. The van der Waals surface area contributed by atoms with Gasteiger partial charge in [-0.2, -0.15) is 8.42 Å². The lowest BCUT2D eigenvalue weighted by Crippen LogP contribution is -2.51. The van der Waals surface area contributed by atoms with Gasteiger partial charge in [-0.15, -0.1) is 0 Å². The summed E-state index contributed by atoms with van der Waals surface area (Å²) >= 11 is 0. The molecule has 4 rings (SSSR count). The number of nitrogens with zero attached hydrogens (tertiary/aromatic N) is 2. The van der Waals surface area contributed by atoms with Crippen LogP contribution in [0.4, 0.5) is 11.4 Å². The minimum Gasteiger partial charge on any atom is -0.378 e. The summed E-state index contributed by atoms with van der Waals surface area (Å²) in [6.07, 6.45) is 4.12. The largest absolute Gasteiger partial charge is 0.378 e. The molecule has 1 fully saturated rings. The molecule has 0 spiro atoms. The first-order valence-corrected chi connectivity index (χ1v) is 11.0. The van der Waals surface area contributed by atoms with E-state index in [1.807, 2.05) is 27.9 Å². The average molecular weight is 415 g/mol. The maximum Gasteiger partial charge on any atom is 0.294 e. The van der Waals surface area contributed by atoms with Crippen molar-refractivity contribution in [2.75, 3.05) is 37.0 Å². The van der Waals surface area contributed by atoms with Gasteiger partial charge in [-0.1, -0.05) is 32.1 Å². The van der Waals surface area contributed by atoms with E-state index in [1.165, 1.54) is 6.07 Å². The summed E-state index contributed by atoms with van der Waals surface area (Å²) in [6, 6.07) is 13.0. The Labute approximate surface area is 172 Å². The van der Waals surface area contributed by atoms with Crippen LogP contribution in [0.2, 0.25) is 0 Å². The Hall–Kier alpha value is -2.35. The van der Waals surface area contributed by atoms with E-state index in [-0.39, 0.29) is 4.90 Å². The molecule has 29 heavy (non-hydrogen) atoms. The summed E-state index contributed by atoms with van der Waals surface area (Å²) < 4.78 is 39.1. The van der Waals surface area contributed by atoms with Gasteiger partial charge < -0.3 is 14.5 Å². The molecule has 1 unspecified atom stereocenters. The molecule has 1 atom stereocenters. The molecule has 0 saturated carbocycles. The molecule has 154 valence electrons. The number of ether oxygens (including phenoxy) is 1. The van der Waals surface area contributed by atoms with Gasteiger partial charge in [0.2, 0.25) is 0 Å². The van der Waals surface area contributed by atoms with Gasteiger partial charge in [-0.05, 0) is 47.5 Å². The third-order valence-corrected chi connectivity index (χ3v) is 6.92. The molecule has 6 nitrogen and oxygen atoms in total. The highest BCUT2D eigenvalue weighted by Gasteiger charge is 2.59. The molecular formula is C22H26N2O4S. The standard InChI is InChI=1S/C22H26N2O4S/c1-21(2)19-15-18(29(25,26)27)9-10-20(19)24-13-14-28-22(21,24)12-11-16-5-7-17(8-6-16)23(3)4/h5-12,15H,13-14H2,1-4H3,(H,25,26,27). The molecule has 0 radical (unpaired) electrons. The molecule has 2 aromatic rings. The fraction of sp³-hybridized carbons (Fsp3) is 0.364. The van der Waals surface area contributed by atoms with Gasteiger partial charge in [0, 0.05) is 37.4 Å². The highest BCUT2D eigenvalue weighted by molar-refractivity contribution is 7.85. The fourth-order valence-corrected chi connectivity index (χ4v) is 4.90. The van der Waals surface area contributed by atoms with Crippen molar-refractivity contribution >= 4 is 27.6 Å². The minimum absolute atomic E-state index is 0.0936. The summed E-state index contributed by atoms with van der Waals surface area (Å²) in [7, 11) is -0.252. The molecule has 1 saturated heterocycles. The molecule has 2 aliphatic heterocycles. The van der Waals surface area contributed by atoms with E-state index in [4.69, 9.17) is 4.74 Å². The quantitative estimate of drug-likeness (QED) is 0.772. The number of fused-ring (bicyclic) bond motifs is 3. The zero-order valence-electron chi connectivity index (χ0n) is 17.1. The van der Waals surface area contributed by atoms with Gasteiger partial charge in [0.05, 0.1) is 11.5 Å². The Morgan fingerprint density at radius 2 is 1.83 bits per heavy atom. The number of hydrogen-bond donors (Lipinski definition) is 1. The van der Waals surface area contributed by atoms with E-state index in [0.717, 1.165) is 22.5 Å². The molecule has 2 aliphatic rings. The van der Waals surface area contributed by atoms with Gasteiger partial charge in [0.15, 0.2) is 5.72 Å². The van der Waals surface area contributed by atoms with Crippen molar-refractivity contribution in [3.8, 4) is 0 Å². The number of benzene rings is 2. The van der Waals surface area contributed by atoms with Crippen LogP contribution >= 0.6 is 0 Å². The van der Waals surface area contributed by atoms with Gasteiger partial charge in [0.25, 0.3) is 10.1 Å². The van der Waals surface area contributed by atoms with Crippen molar-refractivity contribution in [3.05, 3.63) is 59.7 Å². The lowest BCUT2D eigenvalue weighted by molar-refractivity contribution is 0.000291. The van der Waals surface area contributed by atoms with Gasteiger partial charge in [0.1, 0.15) is 0 Å². The van der Waals surface area contributed by atoms with E-state index in [9.17, 15) is 13.0 Å². The van der Waals surface area contributed by atoms with Crippen molar-refractivity contribution in [3.63, 3.8) is 0 Å². The fourth-order valence-electron chi connectivity index (χ4n) is 4.40. The van der Waals surface area contributed by atoms with Gasteiger partial charge in [-0.25, -0.2) is 0 Å². The van der Waals surface area contributed by atoms with Crippen LogP contribution in [-0.4, -0.2) is 45.9 Å². The minimum atomic E-state index is -4.27. The van der Waals surface area contributed by atoms with Crippen LogP contribution in [0.5, 0.6) is 0 Å². The van der Waals surface area contributed by atoms with Crippen LogP contribution in [0.15, 0.2) is 53.4 Å². The van der Waals surface area contributed by atoms with Crippen molar-refractivity contribution in [1.29, 1.82) is 0 Å². The van der Waals surface area contributed by atoms with Crippen LogP contribution in [0.25, 0.3) is 6.08 Å². The topological polar surface area (TPSA) is 70.1 Å². The zero-order chi connectivity index (χ0) is 21.0. The van der Waals surface area contributed by atoms with E-state index < -0.39 is 21.3 Å². The average Bonchev–Trinajstić information content (AvgIpc) is 3.17. The van der Waals surface area contributed by atoms with Crippen LogP contribution in [0.1, 0.15) is 25.0 Å². The number of anilines is 2. The molecule has 0 aliphatic carbocycles. The lowest BCUT2D eigenvalue weighted by Gasteiger charge is -2.39. The highest BCUT2D eigenvalue weighted by Crippen LogP contribution is 2.55. The van der Waals surface area contributed by atoms with Gasteiger partial charge >= 0.3 is 0 Å². The van der Waals surface area contributed by atoms with E-state index in [1.54, 1.807) is 12.1 Å². The van der Waals surface area contributed by atoms with Crippen LogP contribution in [0, 0.1) is 0 Å². The Morgan fingerprint density at radius 3 is 2.45 bits per heavy atom. The number of rotatable bonds is 4. The second-order valence-electron chi connectivity index (χ2n) is 8.29. The van der Waals surface area contributed by atoms with E-state index in [0.29, 0.717) is 13.2 Å². The summed E-state index contributed by atoms with van der Waals surface area (Å²) in [5, 5.41) is 0. The normalized spacial score (nSPS) is 22.7. The summed E-state index contributed by atoms with van der Waals surface area (Å²) in [4.78, 5) is 4.14. The maximum atomic E-state index is 11.6. The van der Waals surface area contributed by atoms with Crippen LogP contribution < -0.4 is 9.80 Å². The van der Waals surface area contributed by atoms with Crippen molar-refractivity contribution in [2.45, 2.75) is 29.9 Å². The molecule has 7 heteroatoms. The first kappa shape index (κ1) is 19.9. The third kappa shape index (κ3) is 3.04. The molecule has 0 aromatic heterocycles. The lowest BCUT2D eigenvalue weighted by atomic mass is 9.77. The predicted molar refractivity (Wildman–Crippen MR) is 115 cm³/mol. The molecule has 0 amide bonds. The second kappa shape index (κ2) is 6.58. The van der Waals surface area contributed by atoms with Crippen molar-refractivity contribution < 1.29 is 17.7 Å². The smallest absolute Gasteiger partial charge is 0.294 e. The summed E-state index contributed by atoms with van der Waals surface area (Å²) in [5.41, 5.74) is 2.75.